The van der Waals surface area contributed by atoms with Crippen LogP contribution < -0.4 is 10.1 Å². The molecular weight excluding hydrogens is 268 g/mol. The molecule has 2 rings (SSSR count). The van der Waals surface area contributed by atoms with Gasteiger partial charge in [-0.25, -0.2) is 0 Å². The molecule has 8 heteroatoms. The Morgan fingerprint density at radius 3 is 2.85 bits per heavy atom. The molecule has 1 aliphatic rings. The lowest BCUT2D eigenvalue weighted by Gasteiger charge is -2.17. The Hall–Kier alpha value is -2.35. The first-order chi connectivity index (χ1) is 9.51. The maximum atomic E-state index is 11.0. The Morgan fingerprint density at radius 2 is 2.25 bits per heavy atom. The smallest absolute Gasteiger partial charge is 0.311 e. The van der Waals surface area contributed by atoms with Crippen LogP contribution in [0.25, 0.3) is 0 Å². The van der Waals surface area contributed by atoms with Gasteiger partial charge < -0.3 is 19.9 Å². The van der Waals surface area contributed by atoms with Crippen LogP contribution in [0.3, 0.4) is 0 Å². The number of carboxylic acids is 1. The third-order valence-corrected chi connectivity index (χ3v) is 3.09. The fourth-order valence-corrected chi connectivity index (χ4v) is 2.04. The largest absolute Gasteiger partial charge is 0.496 e. The number of methoxy groups -OCH3 is 1. The van der Waals surface area contributed by atoms with E-state index in [1.165, 1.54) is 19.2 Å². The number of nitrogens with one attached hydrogen (secondary N) is 1. The maximum Gasteiger partial charge on any atom is 0.311 e. The summed E-state index contributed by atoms with van der Waals surface area (Å²) < 4.78 is 10.1. The highest BCUT2D eigenvalue weighted by Crippen LogP contribution is 2.28. The van der Waals surface area contributed by atoms with Gasteiger partial charge in [-0.1, -0.05) is 0 Å². The molecule has 2 unspecified atom stereocenters. The van der Waals surface area contributed by atoms with Crippen molar-refractivity contribution in [2.75, 3.05) is 25.6 Å². The van der Waals surface area contributed by atoms with E-state index in [0.717, 1.165) is 0 Å². The van der Waals surface area contributed by atoms with E-state index in [9.17, 15) is 14.9 Å². The van der Waals surface area contributed by atoms with E-state index in [0.29, 0.717) is 11.4 Å². The second-order valence-electron chi connectivity index (χ2n) is 4.41. The fraction of sp³-hybridized carbons (Fsp3) is 0.417. The fourth-order valence-electron chi connectivity index (χ4n) is 2.04. The van der Waals surface area contributed by atoms with Gasteiger partial charge in [0.2, 0.25) is 0 Å². The van der Waals surface area contributed by atoms with Gasteiger partial charge in [0.15, 0.2) is 0 Å². The van der Waals surface area contributed by atoms with Crippen LogP contribution in [0.4, 0.5) is 11.4 Å². The van der Waals surface area contributed by atoms with Crippen LogP contribution >= 0.6 is 0 Å². The van der Waals surface area contributed by atoms with Crippen molar-refractivity contribution in [1.29, 1.82) is 0 Å². The lowest BCUT2D eigenvalue weighted by atomic mass is 10.0. The number of carbonyl (C=O) groups is 1. The molecule has 8 nitrogen and oxygen atoms in total. The Labute approximate surface area is 114 Å². The van der Waals surface area contributed by atoms with Crippen LogP contribution in [0.15, 0.2) is 18.2 Å². The quantitative estimate of drug-likeness (QED) is 0.614. The molecule has 1 heterocycles. The zero-order valence-electron chi connectivity index (χ0n) is 10.7. The number of non-ortho nitro benzene ring substituents is 1. The molecule has 1 saturated heterocycles. The molecule has 0 aromatic heterocycles. The van der Waals surface area contributed by atoms with Crippen molar-refractivity contribution in [2.24, 2.45) is 5.92 Å². The van der Waals surface area contributed by atoms with E-state index < -0.39 is 22.9 Å². The van der Waals surface area contributed by atoms with Gasteiger partial charge in [0.25, 0.3) is 5.69 Å². The molecule has 1 aliphatic heterocycles. The predicted octanol–water partition coefficient (Wildman–Crippen LogP) is 1.11. The molecule has 0 radical (unpaired) electrons. The summed E-state index contributed by atoms with van der Waals surface area (Å²) in [4.78, 5) is 21.3. The van der Waals surface area contributed by atoms with Crippen molar-refractivity contribution in [3.8, 4) is 5.75 Å². The Morgan fingerprint density at radius 1 is 1.50 bits per heavy atom. The predicted molar refractivity (Wildman–Crippen MR) is 69.0 cm³/mol. The number of rotatable bonds is 5. The molecule has 1 aromatic rings. The van der Waals surface area contributed by atoms with Crippen LogP contribution in [0, 0.1) is 16.0 Å². The summed E-state index contributed by atoms with van der Waals surface area (Å²) in [6, 6.07) is 3.77. The lowest BCUT2D eigenvalue weighted by Crippen LogP contribution is -2.33. The summed E-state index contributed by atoms with van der Waals surface area (Å²) in [5.41, 5.74) is 0.301. The summed E-state index contributed by atoms with van der Waals surface area (Å²) in [5, 5.41) is 22.8. The molecule has 0 aliphatic carbocycles. The number of ether oxygens (including phenoxy) is 2. The van der Waals surface area contributed by atoms with Gasteiger partial charge in [-0.05, 0) is 0 Å². The highest BCUT2D eigenvalue weighted by atomic mass is 16.6. The minimum atomic E-state index is -0.961. The van der Waals surface area contributed by atoms with Crippen molar-refractivity contribution in [2.45, 2.75) is 6.04 Å². The zero-order valence-corrected chi connectivity index (χ0v) is 10.7. The summed E-state index contributed by atoms with van der Waals surface area (Å²) in [7, 11) is 1.40. The number of benzene rings is 1. The van der Waals surface area contributed by atoms with Crippen LogP contribution in [0.1, 0.15) is 0 Å². The van der Waals surface area contributed by atoms with Gasteiger partial charge in [0.1, 0.15) is 11.7 Å². The van der Waals surface area contributed by atoms with Crippen LogP contribution in [0.5, 0.6) is 5.75 Å². The third kappa shape index (κ3) is 2.97. The standard InChI is InChI=1S/C12H14N2O6/c1-19-9-3-7(2-8(4-9)14(17)18)13-11-6-20-5-10(11)12(15)16/h2-4,10-11,13H,5-6H2,1H3,(H,15,16). The Balaban J connectivity index is 2.22. The Bertz CT molecular complexity index is 533. The first-order valence-electron chi connectivity index (χ1n) is 5.92. The van der Waals surface area contributed by atoms with E-state index in [-0.39, 0.29) is 18.9 Å². The molecule has 0 amide bonds. The first kappa shape index (κ1) is 14.1. The Kier molecular flexibility index (Phi) is 4.04. The van der Waals surface area contributed by atoms with Gasteiger partial charge in [-0.2, -0.15) is 0 Å². The molecule has 1 fully saturated rings. The number of nitro groups is 1. The second-order valence-corrected chi connectivity index (χ2v) is 4.41. The molecule has 2 N–H and O–H groups in total. The number of hydrogen-bond donors (Lipinski definition) is 2. The lowest BCUT2D eigenvalue weighted by molar-refractivity contribution is -0.384. The number of hydrogen-bond acceptors (Lipinski definition) is 6. The number of anilines is 1. The molecular formula is C12H14N2O6. The van der Waals surface area contributed by atoms with Crippen molar-refractivity contribution >= 4 is 17.3 Å². The molecule has 0 bridgehead atoms. The summed E-state index contributed by atoms with van der Waals surface area (Å²) in [5.74, 6) is -1.31. The van der Waals surface area contributed by atoms with Crippen molar-refractivity contribution < 1.29 is 24.3 Å². The minimum absolute atomic E-state index is 0.124. The number of carboxylic acid groups (broad SMARTS) is 1. The van der Waals surface area contributed by atoms with Crippen molar-refractivity contribution in [1.82, 2.24) is 0 Å². The molecule has 20 heavy (non-hydrogen) atoms. The van der Waals surface area contributed by atoms with E-state index in [1.807, 2.05) is 0 Å². The van der Waals surface area contributed by atoms with Gasteiger partial charge in [-0.15, -0.1) is 0 Å². The van der Waals surface area contributed by atoms with Gasteiger partial charge in [-0.3, -0.25) is 14.9 Å². The normalized spacial score (nSPS) is 21.4. The SMILES string of the molecule is COc1cc(NC2COCC2C(=O)O)cc([N+](=O)[O-])c1. The summed E-state index contributed by atoms with van der Waals surface area (Å²) in [6.07, 6.45) is 0. The average Bonchev–Trinajstić information content (AvgIpc) is 2.86. The molecule has 108 valence electrons. The van der Waals surface area contributed by atoms with Gasteiger partial charge >= 0.3 is 5.97 Å². The molecule has 0 saturated carbocycles. The summed E-state index contributed by atoms with van der Waals surface area (Å²) >= 11 is 0. The summed E-state index contributed by atoms with van der Waals surface area (Å²) in [6.45, 7) is 0.362. The second kappa shape index (κ2) is 5.74. The monoisotopic (exact) mass is 282 g/mol. The van der Waals surface area contributed by atoms with Crippen molar-refractivity contribution in [3.05, 3.63) is 28.3 Å². The van der Waals surface area contributed by atoms with E-state index in [2.05, 4.69) is 5.32 Å². The third-order valence-electron chi connectivity index (χ3n) is 3.09. The zero-order chi connectivity index (χ0) is 14.7. The molecule has 2 atom stereocenters. The number of nitro benzene ring substituents is 1. The maximum absolute atomic E-state index is 11.0. The van der Waals surface area contributed by atoms with Gasteiger partial charge in [0, 0.05) is 17.8 Å². The van der Waals surface area contributed by atoms with Gasteiger partial charge in [0.05, 0.1) is 37.4 Å². The molecule has 1 aromatic carbocycles. The number of aliphatic carboxylic acids is 1. The van der Waals surface area contributed by atoms with E-state index in [4.69, 9.17) is 14.6 Å². The van der Waals surface area contributed by atoms with Crippen LogP contribution in [0.2, 0.25) is 0 Å². The highest BCUT2D eigenvalue weighted by molar-refractivity contribution is 5.72. The van der Waals surface area contributed by atoms with E-state index in [1.54, 1.807) is 6.07 Å². The first-order valence-corrected chi connectivity index (χ1v) is 5.92. The minimum Gasteiger partial charge on any atom is -0.496 e. The molecule has 0 spiro atoms. The topological polar surface area (TPSA) is 111 Å². The van der Waals surface area contributed by atoms with Crippen molar-refractivity contribution in [3.63, 3.8) is 0 Å². The average molecular weight is 282 g/mol. The van der Waals surface area contributed by atoms with Crippen LogP contribution in [-0.4, -0.2) is 42.4 Å². The van der Waals surface area contributed by atoms with E-state index >= 15 is 0 Å². The van der Waals surface area contributed by atoms with Crippen LogP contribution in [-0.2, 0) is 9.53 Å². The number of nitrogens with zero attached hydrogens (tertiary/aromatic N) is 1. The highest BCUT2D eigenvalue weighted by Gasteiger charge is 2.34.